The average Bonchev–Trinajstić information content (AvgIpc) is 2.57. The van der Waals surface area contributed by atoms with Crippen LogP contribution in [0.3, 0.4) is 0 Å². The summed E-state index contributed by atoms with van der Waals surface area (Å²) < 4.78 is 9.56. The van der Waals surface area contributed by atoms with Crippen LogP contribution in [0.5, 0.6) is 0 Å². The summed E-state index contributed by atoms with van der Waals surface area (Å²) in [6.45, 7) is 2.63. The zero-order chi connectivity index (χ0) is 9.52. The van der Waals surface area contributed by atoms with Gasteiger partial charge in [-0.1, -0.05) is 12.1 Å². The highest BCUT2D eigenvalue weighted by atomic mass is 16.5. The molecule has 5 nitrogen and oxygen atoms in total. The second-order valence-electron chi connectivity index (χ2n) is 2.49. The number of nitrogens with one attached hydrogen (secondary N) is 1. The van der Waals surface area contributed by atoms with E-state index >= 15 is 0 Å². The number of carbonyl (C=O) groups excluding carboxylic acids is 1. The van der Waals surface area contributed by atoms with Crippen molar-refractivity contribution in [1.29, 1.82) is 0 Å². The van der Waals surface area contributed by atoms with E-state index in [9.17, 15) is 4.79 Å². The molecule has 5 heteroatoms. The Morgan fingerprint density at radius 2 is 2.62 bits per heavy atom. The summed E-state index contributed by atoms with van der Waals surface area (Å²) in [4.78, 5) is 11.1. The predicted octanol–water partition coefficient (Wildman–Crippen LogP) is 1.04. The first-order chi connectivity index (χ1) is 6.33. The maximum absolute atomic E-state index is 11.1. The maximum atomic E-state index is 11.1. The van der Waals surface area contributed by atoms with Gasteiger partial charge in [0.05, 0.1) is 0 Å². The van der Waals surface area contributed by atoms with Crippen LogP contribution in [0, 0.1) is 0 Å². The molecule has 0 spiro atoms. The van der Waals surface area contributed by atoms with Crippen LogP contribution in [0.15, 0.2) is 16.9 Å². The zero-order valence-electron chi connectivity index (χ0n) is 7.45. The Morgan fingerprint density at radius 1 is 1.77 bits per heavy atom. The molecule has 0 aliphatic carbocycles. The second kappa shape index (κ2) is 5.31. The van der Waals surface area contributed by atoms with Crippen LogP contribution in [0.4, 0.5) is 5.82 Å². The van der Waals surface area contributed by atoms with E-state index in [0.29, 0.717) is 12.4 Å². The van der Waals surface area contributed by atoms with E-state index in [4.69, 9.17) is 4.74 Å². The van der Waals surface area contributed by atoms with E-state index in [1.807, 2.05) is 6.92 Å². The predicted molar refractivity (Wildman–Crippen MR) is 46.2 cm³/mol. The topological polar surface area (TPSA) is 64.4 Å². The van der Waals surface area contributed by atoms with Crippen LogP contribution in [0.2, 0.25) is 0 Å². The molecule has 0 atom stereocenters. The van der Waals surface area contributed by atoms with E-state index in [1.54, 1.807) is 6.07 Å². The van der Waals surface area contributed by atoms with Gasteiger partial charge >= 0.3 is 0 Å². The van der Waals surface area contributed by atoms with Gasteiger partial charge in [0, 0.05) is 12.7 Å². The van der Waals surface area contributed by atoms with Crippen molar-refractivity contribution in [3.63, 3.8) is 0 Å². The molecule has 0 radical (unpaired) electrons. The molecule has 1 rings (SSSR count). The fraction of sp³-hybridized carbons (Fsp3) is 0.500. The van der Waals surface area contributed by atoms with Gasteiger partial charge in [-0.2, -0.15) is 0 Å². The van der Waals surface area contributed by atoms with Crippen LogP contribution < -0.4 is 5.32 Å². The lowest BCUT2D eigenvalue weighted by molar-refractivity contribution is -0.120. The van der Waals surface area contributed by atoms with Crippen molar-refractivity contribution in [1.82, 2.24) is 5.16 Å². The Morgan fingerprint density at radius 3 is 3.23 bits per heavy atom. The van der Waals surface area contributed by atoms with Crippen molar-refractivity contribution in [2.45, 2.75) is 13.3 Å². The van der Waals surface area contributed by atoms with E-state index in [1.165, 1.54) is 6.26 Å². The Balaban J connectivity index is 2.18. The number of amides is 1. The van der Waals surface area contributed by atoms with Gasteiger partial charge in [0.15, 0.2) is 5.82 Å². The lowest BCUT2D eigenvalue weighted by Crippen LogP contribution is -2.18. The van der Waals surface area contributed by atoms with Gasteiger partial charge in [-0.25, -0.2) is 0 Å². The van der Waals surface area contributed by atoms with Crippen molar-refractivity contribution in [2.75, 3.05) is 18.5 Å². The third kappa shape index (κ3) is 3.71. The van der Waals surface area contributed by atoms with Gasteiger partial charge in [0.25, 0.3) is 5.91 Å². The van der Waals surface area contributed by atoms with Gasteiger partial charge in [-0.3, -0.25) is 4.79 Å². The molecule has 1 aromatic rings. The van der Waals surface area contributed by atoms with E-state index in [2.05, 4.69) is 15.0 Å². The smallest absolute Gasteiger partial charge is 0.251 e. The summed E-state index contributed by atoms with van der Waals surface area (Å²) in [7, 11) is 0. The molecule has 13 heavy (non-hydrogen) atoms. The molecule has 0 saturated carbocycles. The highest BCUT2D eigenvalue weighted by Crippen LogP contribution is 2.00. The van der Waals surface area contributed by atoms with Crippen LogP contribution >= 0.6 is 0 Å². The summed E-state index contributed by atoms with van der Waals surface area (Å²) >= 11 is 0. The van der Waals surface area contributed by atoms with E-state index in [-0.39, 0.29) is 12.5 Å². The van der Waals surface area contributed by atoms with Gasteiger partial charge in [-0.05, 0) is 6.42 Å². The molecule has 0 unspecified atom stereocenters. The number of ether oxygens (including phenoxy) is 1. The minimum Gasteiger partial charge on any atom is -0.372 e. The number of aromatic nitrogens is 1. The first kappa shape index (κ1) is 9.73. The number of anilines is 1. The highest BCUT2D eigenvalue weighted by Gasteiger charge is 2.03. The largest absolute Gasteiger partial charge is 0.372 e. The molecule has 1 amide bonds. The monoisotopic (exact) mass is 184 g/mol. The quantitative estimate of drug-likeness (QED) is 0.694. The van der Waals surface area contributed by atoms with Gasteiger partial charge in [0.2, 0.25) is 0 Å². The van der Waals surface area contributed by atoms with E-state index in [0.717, 1.165) is 6.42 Å². The fourth-order valence-corrected chi connectivity index (χ4v) is 0.765. The third-order valence-corrected chi connectivity index (χ3v) is 1.29. The van der Waals surface area contributed by atoms with Crippen LogP contribution in [0.1, 0.15) is 13.3 Å². The average molecular weight is 184 g/mol. The first-order valence-electron chi connectivity index (χ1n) is 4.11. The Hall–Kier alpha value is -1.36. The summed E-state index contributed by atoms with van der Waals surface area (Å²) in [6.07, 6.45) is 2.29. The molecule has 0 aliphatic rings. The van der Waals surface area contributed by atoms with Gasteiger partial charge in [-0.15, -0.1) is 0 Å². The third-order valence-electron chi connectivity index (χ3n) is 1.29. The molecule has 72 valence electrons. The molecular weight excluding hydrogens is 172 g/mol. The summed E-state index contributed by atoms with van der Waals surface area (Å²) in [5.41, 5.74) is 0. The summed E-state index contributed by atoms with van der Waals surface area (Å²) in [5.74, 6) is 0.187. The number of rotatable bonds is 5. The number of hydrogen-bond acceptors (Lipinski definition) is 4. The number of nitrogens with zero attached hydrogens (tertiary/aromatic N) is 1. The summed E-state index contributed by atoms with van der Waals surface area (Å²) in [5, 5.41) is 6.03. The van der Waals surface area contributed by atoms with Crippen molar-refractivity contribution in [3.8, 4) is 0 Å². The van der Waals surface area contributed by atoms with E-state index < -0.39 is 0 Å². The molecule has 0 saturated heterocycles. The highest BCUT2D eigenvalue weighted by molar-refractivity contribution is 5.90. The van der Waals surface area contributed by atoms with Crippen molar-refractivity contribution in [2.24, 2.45) is 0 Å². The fourth-order valence-electron chi connectivity index (χ4n) is 0.765. The number of hydrogen-bond donors (Lipinski definition) is 1. The molecule has 1 N–H and O–H groups in total. The SMILES string of the molecule is CCCOCC(=O)Nc1ccon1. The van der Waals surface area contributed by atoms with Crippen LogP contribution in [-0.4, -0.2) is 24.3 Å². The van der Waals surface area contributed by atoms with Gasteiger partial charge in [0.1, 0.15) is 12.9 Å². The molecular formula is C8H12N2O3. The van der Waals surface area contributed by atoms with Crippen molar-refractivity contribution in [3.05, 3.63) is 12.3 Å². The molecule has 0 fully saturated rings. The number of carbonyl (C=O) groups is 1. The van der Waals surface area contributed by atoms with Crippen LogP contribution in [0.25, 0.3) is 0 Å². The minimum atomic E-state index is -0.220. The Labute approximate surface area is 76.0 Å². The lowest BCUT2D eigenvalue weighted by atomic mass is 10.5. The summed E-state index contributed by atoms with van der Waals surface area (Å²) in [6, 6.07) is 1.57. The van der Waals surface area contributed by atoms with Gasteiger partial charge < -0.3 is 14.6 Å². The molecule has 0 aromatic carbocycles. The first-order valence-corrected chi connectivity index (χ1v) is 4.11. The van der Waals surface area contributed by atoms with Crippen LogP contribution in [-0.2, 0) is 9.53 Å². The molecule has 1 heterocycles. The zero-order valence-corrected chi connectivity index (χ0v) is 7.45. The lowest BCUT2D eigenvalue weighted by Gasteiger charge is -2.01. The standard InChI is InChI=1S/C8H12N2O3/c1-2-4-12-6-8(11)9-7-3-5-13-10-7/h3,5H,2,4,6H2,1H3,(H,9,10,11). The molecule has 1 aromatic heterocycles. The Bertz CT molecular complexity index is 246. The minimum absolute atomic E-state index is 0.0562. The van der Waals surface area contributed by atoms with Crippen molar-refractivity contribution < 1.29 is 14.1 Å². The second-order valence-corrected chi connectivity index (χ2v) is 2.49. The Kier molecular flexibility index (Phi) is 3.98. The normalized spacial score (nSPS) is 9.92. The molecule has 0 bridgehead atoms. The van der Waals surface area contributed by atoms with Crippen molar-refractivity contribution >= 4 is 11.7 Å². The maximum Gasteiger partial charge on any atom is 0.251 e. The molecule has 0 aliphatic heterocycles.